The first-order valence-corrected chi connectivity index (χ1v) is 10.6. The minimum atomic E-state index is -0.207. The summed E-state index contributed by atoms with van der Waals surface area (Å²) in [5.74, 6) is 1.51. The monoisotopic (exact) mass is 386 g/mol. The normalized spacial score (nSPS) is 19.3. The SMILES string of the molecule is CC1CCN(C(CNC(=O)Nc2cccc(NC(=O)C3CC3)c2)C(C)C)CC1. The summed E-state index contributed by atoms with van der Waals surface area (Å²) in [6, 6.07) is 7.45. The third-order valence-corrected chi connectivity index (χ3v) is 5.86. The summed E-state index contributed by atoms with van der Waals surface area (Å²) < 4.78 is 0. The van der Waals surface area contributed by atoms with Crippen molar-refractivity contribution in [1.82, 2.24) is 10.2 Å². The Bertz CT molecular complexity index is 679. The van der Waals surface area contributed by atoms with Gasteiger partial charge in [-0.3, -0.25) is 9.69 Å². The number of rotatable bonds is 7. The van der Waals surface area contributed by atoms with Crippen LogP contribution in [0.2, 0.25) is 0 Å². The number of anilines is 2. The number of likely N-dealkylation sites (tertiary alicyclic amines) is 1. The quantitative estimate of drug-likeness (QED) is 0.665. The minimum Gasteiger partial charge on any atom is -0.336 e. The molecule has 1 aromatic rings. The van der Waals surface area contributed by atoms with Crippen LogP contribution in [0.4, 0.5) is 16.2 Å². The second kappa shape index (κ2) is 9.41. The van der Waals surface area contributed by atoms with Crippen LogP contribution in [0, 0.1) is 17.8 Å². The summed E-state index contributed by atoms with van der Waals surface area (Å²) in [6.07, 6.45) is 4.40. The molecule has 28 heavy (non-hydrogen) atoms. The number of urea groups is 1. The van der Waals surface area contributed by atoms with Gasteiger partial charge >= 0.3 is 6.03 Å². The van der Waals surface area contributed by atoms with Crippen LogP contribution >= 0.6 is 0 Å². The first-order chi connectivity index (χ1) is 13.4. The lowest BCUT2D eigenvalue weighted by atomic mass is 9.94. The van der Waals surface area contributed by atoms with E-state index in [-0.39, 0.29) is 17.9 Å². The zero-order valence-electron chi connectivity index (χ0n) is 17.3. The molecule has 3 amide bonds. The van der Waals surface area contributed by atoms with Gasteiger partial charge in [-0.25, -0.2) is 4.79 Å². The van der Waals surface area contributed by atoms with Crippen LogP contribution in [0.3, 0.4) is 0 Å². The van der Waals surface area contributed by atoms with Crippen molar-refractivity contribution < 1.29 is 9.59 Å². The van der Waals surface area contributed by atoms with E-state index in [1.807, 2.05) is 18.2 Å². The summed E-state index contributed by atoms with van der Waals surface area (Å²) in [6.45, 7) is 9.60. The first kappa shape index (κ1) is 20.6. The molecule has 3 rings (SSSR count). The minimum absolute atomic E-state index is 0.0669. The highest BCUT2D eigenvalue weighted by Crippen LogP contribution is 2.30. The molecule has 1 aliphatic carbocycles. The molecule has 1 unspecified atom stereocenters. The second-order valence-corrected chi connectivity index (χ2v) is 8.71. The van der Waals surface area contributed by atoms with Crippen molar-refractivity contribution in [2.24, 2.45) is 17.8 Å². The van der Waals surface area contributed by atoms with Gasteiger partial charge in [0.05, 0.1) is 0 Å². The highest BCUT2D eigenvalue weighted by atomic mass is 16.2. The second-order valence-electron chi connectivity index (χ2n) is 8.71. The molecular weight excluding hydrogens is 352 g/mol. The van der Waals surface area contributed by atoms with E-state index in [0.717, 1.165) is 37.5 Å². The molecule has 2 fully saturated rings. The van der Waals surface area contributed by atoms with Crippen molar-refractivity contribution in [2.75, 3.05) is 30.3 Å². The van der Waals surface area contributed by atoms with Gasteiger partial charge in [0, 0.05) is 29.9 Å². The Hall–Kier alpha value is -2.08. The lowest BCUT2D eigenvalue weighted by Crippen LogP contribution is -2.50. The number of hydrogen-bond acceptors (Lipinski definition) is 3. The van der Waals surface area contributed by atoms with E-state index in [1.54, 1.807) is 6.07 Å². The number of carbonyl (C=O) groups is 2. The summed E-state index contributed by atoms with van der Waals surface area (Å²) in [5, 5.41) is 8.83. The van der Waals surface area contributed by atoms with Crippen LogP contribution < -0.4 is 16.0 Å². The van der Waals surface area contributed by atoms with Gasteiger partial charge in [-0.1, -0.05) is 26.8 Å². The van der Waals surface area contributed by atoms with Gasteiger partial charge in [0.15, 0.2) is 0 Å². The maximum atomic E-state index is 12.4. The zero-order valence-corrected chi connectivity index (χ0v) is 17.3. The lowest BCUT2D eigenvalue weighted by Gasteiger charge is -2.38. The molecule has 0 spiro atoms. The standard InChI is InChI=1S/C22H34N4O2/c1-15(2)20(26-11-9-16(3)10-12-26)14-23-22(28)25-19-6-4-5-18(13-19)24-21(27)17-7-8-17/h4-6,13,15-17,20H,7-12,14H2,1-3H3,(H,24,27)(H2,23,25,28). The molecule has 0 aromatic heterocycles. The van der Waals surface area contributed by atoms with E-state index >= 15 is 0 Å². The largest absolute Gasteiger partial charge is 0.336 e. The number of hydrogen-bond donors (Lipinski definition) is 3. The van der Waals surface area contributed by atoms with Gasteiger partial charge in [-0.05, 0) is 68.8 Å². The molecule has 1 heterocycles. The molecule has 1 atom stereocenters. The van der Waals surface area contributed by atoms with Gasteiger partial charge in [0.1, 0.15) is 0 Å². The molecule has 1 aliphatic heterocycles. The fourth-order valence-corrected chi connectivity index (χ4v) is 3.78. The number of carbonyl (C=O) groups excluding carboxylic acids is 2. The fourth-order valence-electron chi connectivity index (χ4n) is 3.78. The van der Waals surface area contributed by atoms with Crippen LogP contribution in [-0.2, 0) is 4.79 Å². The number of amides is 3. The maximum absolute atomic E-state index is 12.4. The molecule has 6 nitrogen and oxygen atoms in total. The van der Waals surface area contributed by atoms with Crippen molar-refractivity contribution >= 4 is 23.3 Å². The highest BCUT2D eigenvalue weighted by Gasteiger charge is 2.29. The topological polar surface area (TPSA) is 73.5 Å². The van der Waals surface area contributed by atoms with E-state index in [9.17, 15) is 9.59 Å². The van der Waals surface area contributed by atoms with E-state index in [4.69, 9.17) is 0 Å². The smallest absolute Gasteiger partial charge is 0.319 e. The predicted octanol–water partition coefficient (Wildman–Crippen LogP) is 3.91. The van der Waals surface area contributed by atoms with Gasteiger partial charge in [-0.2, -0.15) is 0 Å². The predicted molar refractivity (Wildman–Crippen MR) is 113 cm³/mol. The molecule has 6 heteroatoms. The molecule has 154 valence electrons. The molecule has 2 aliphatic rings. The van der Waals surface area contributed by atoms with E-state index in [0.29, 0.717) is 24.2 Å². The lowest BCUT2D eigenvalue weighted by molar-refractivity contribution is -0.117. The van der Waals surface area contributed by atoms with E-state index in [1.165, 1.54) is 12.8 Å². The van der Waals surface area contributed by atoms with Crippen LogP contribution in [0.25, 0.3) is 0 Å². The van der Waals surface area contributed by atoms with Crippen molar-refractivity contribution in [1.29, 1.82) is 0 Å². The summed E-state index contributed by atoms with van der Waals surface area (Å²) >= 11 is 0. The number of nitrogens with zero attached hydrogens (tertiary/aromatic N) is 1. The highest BCUT2D eigenvalue weighted by molar-refractivity contribution is 5.95. The van der Waals surface area contributed by atoms with Gasteiger partial charge in [0.25, 0.3) is 0 Å². The van der Waals surface area contributed by atoms with Crippen LogP contribution in [0.1, 0.15) is 46.5 Å². The van der Waals surface area contributed by atoms with E-state index in [2.05, 4.69) is 41.6 Å². The van der Waals surface area contributed by atoms with E-state index < -0.39 is 0 Å². The van der Waals surface area contributed by atoms with Gasteiger partial charge in [-0.15, -0.1) is 0 Å². The Kier molecular flexibility index (Phi) is 6.94. The molecule has 1 aromatic carbocycles. The van der Waals surface area contributed by atoms with Crippen LogP contribution in [-0.4, -0.2) is 42.5 Å². The summed E-state index contributed by atoms with van der Waals surface area (Å²) in [7, 11) is 0. The number of piperidine rings is 1. The Balaban J connectivity index is 1.49. The number of nitrogens with one attached hydrogen (secondary N) is 3. The Morgan fingerprint density at radius 2 is 1.71 bits per heavy atom. The molecule has 1 saturated carbocycles. The third kappa shape index (κ3) is 5.96. The molecule has 0 bridgehead atoms. The molecule has 0 radical (unpaired) electrons. The van der Waals surface area contributed by atoms with Crippen molar-refractivity contribution in [2.45, 2.75) is 52.5 Å². The van der Waals surface area contributed by atoms with Crippen molar-refractivity contribution in [3.8, 4) is 0 Å². The molecule has 1 saturated heterocycles. The zero-order chi connectivity index (χ0) is 20.1. The third-order valence-electron chi connectivity index (χ3n) is 5.86. The summed E-state index contributed by atoms with van der Waals surface area (Å²) in [4.78, 5) is 26.8. The van der Waals surface area contributed by atoms with Crippen LogP contribution in [0.5, 0.6) is 0 Å². The fraction of sp³-hybridized carbons (Fsp3) is 0.636. The summed E-state index contributed by atoms with van der Waals surface area (Å²) in [5.41, 5.74) is 1.40. The molecule has 3 N–H and O–H groups in total. The van der Waals surface area contributed by atoms with Gasteiger partial charge in [0.2, 0.25) is 5.91 Å². The number of benzene rings is 1. The van der Waals surface area contributed by atoms with Crippen molar-refractivity contribution in [3.05, 3.63) is 24.3 Å². The Morgan fingerprint density at radius 1 is 1.07 bits per heavy atom. The Morgan fingerprint density at radius 3 is 2.32 bits per heavy atom. The first-order valence-electron chi connectivity index (χ1n) is 10.6. The maximum Gasteiger partial charge on any atom is 0.319 e. The molecular formula is C22H34N4O2. The average Bonchev–Trinajstić information content (AvgIpc) is 3.48. The Labute approximate surface area is 168 Å². The van der Waals surface area contributed by atoms with Gasteiger partial charge < -0.3 is 16.0 Å². The average molecular weight is 387 g/mol. The van der Waals surface area contributed by atoms with Crippen LogP contribution in [0.15, 0.2) is 24.3 Å². The van der Waals surface area contributed by atoms with Crippen molar-refractivity contribution in [3.63, 3.8) is 0 Å².